The van der Waals surface area contributed by atoms with Gasteiger partial charge in [-0.2, -0.15) is 0 Å². The fourth-order valence-electron chi connectivity index (χ4n) is 5.00. The number of amides is 1. The second-order valence-electron chi connectivity index (χ2n) is 9.99. The normalized spacial score (nSPS) is 19.0. The van der Waals surface area contributed by atoms with Crippen LogP contribution >= 0.6 is 0 Å². The molecule has 32 heavy (non-hydrogen) atoms. The summed E-state index contributed by atoms with van der Waals surface area (Å²) < 4.78 is 5.59. The third-order valence-corrected chi connectivity index (χ3v) is 6.43. The predicted molar refractivity (Wildman–Crippen MR) is 127 cm³/mol. The topological polar surface area (TPSA) is 62.7 Å². The molecular formula is C27H34N2O3. The molecule has 4 rings (SSSR count). The number of ether oxygens (including phenoxy) is 1. The Bertz CT molecular complexity index is 1010. The number of aliphatic hydroxyl groups is 1. The average molecular weight is 435 g/mol. The Balaban J connectivity index is 1.67. The van der Waals surface area contributed by atoms with Crippen molar-refractivity contribution in [2.24, 2.45) is 5.92 Å². The molecule has 170 valence electrons. The number of fused-ring (bicyclic) bond motifs is 2. The zero-order valence-corrected chi connectivity index (χ0v) is 19.6. The molecule has 1 aromatic heterocycles. The summed E-state index contributed by atoms with van der Waals surface area (Å²) in [6.45, 7) is 9.32. The molecule has 1 aliphatic heterocycles. The summed E-state index contributed by atoms with van der Waals surface area (Å²) in [7, 11) is 0. The Morgan fingerprint density at radius 3 is 2.66 bits per heavy atom. The van der Waals surface area contributed by atoms with Crippen LogP contribution < -0.4 is 0 Å². The Morgan fingerprint density at radius 2 is 1.97 bits per heavy atom. The SMILES string of the molecule is Cc1ccc2c(c1)C=C(CCO)c1cccnc1C2C1CCN(C(=O)OC(C)(C)C)CC1. The lowest BCUT2D eigenvalue weighted by Crippen LogP contribution is -2.42. The molecule has 0 spiro atoms. The number of aryl methyl sites for hydroxylation is 1. The lowest BCUT2D eigenvalue weighted by atomic mass is 9.76. The molecule has 2 aromatic rings. The molecule has 1 saturated heterocycles. The first kappa shape index (κ1) is 22.5. The van der Waals surface area contributed by atoms with Crippen molar-refractivity contribution >= 4 is 17.7 Å². The van der Waals surface area contributed by atoms with Crippen LogP contribution in [-0.4, -0.2) is 46.4 Å². The highest BCUT2D eigenvalue weighted by Gasteiger charge is 2.36. The molecule has 1 atom stereocenters. The van der Waals surface area contributed by atoms with Gasteiger partial charge in [0.05, 0.1) is 5.69 Å². The molecule has 0 bridgehead atoms. The van der Waals surface area contributed by atoms with Crippen molar-refractivity contribution in [2.45, 2.75) is 58.5 Å². The molecule has 0 radical (unpaired) electrons. The lowest BCUT2D eigenvalue weighted by Gasteiger charge is -2.37. The molecule has 1 amide bonds. The van der Waals surface area contributed by atoms with E-state index in [1.54, 1.807) is 0 Å². The highest BCUT2D eigenvalue weighted by atomic mass is 16.6. The molecule has 5 nitrogen and oxygen atoms in total. The van der Waals surface area contributed by atoms with E-state index in [4.69, 9.17) is 9.72 Å². The molecule has 5 heteroatoms. The van der Waals surface area contributed by atoms with Gasteiger partial charge in [0.25, 0.3) is 0 Å². The van der Waals surface area contributed by atoms with Gasteiger partial charge in [-0.25, -0.2) is 4.79 Å². The van der Waals surface area contributed by atoms with Gasteiger partial charge in [0.15, 0.2) is 0 Å². The molecule has 1 N–H and O–H groups in total. The highest BCUT2D eigenvalue weighted by molar-refractivity contribution is 5.86. The molecule has 1 fully saturated rings. The van der Waals surface area contributed by atoms with E-state index in [0.717, 1.165) is 29.7 Å². The molecular weight excluding hydrogens is 400 g/mol. The molecule has 0 saturated carbocycles. The number of aliphatic hydroxyl groups excluding tert-OH is 1. The lowest BCUT2D eigenvalue weighted by molar-refractivity contribution is 0.0178. The van der Waals surface area contributed by atoms with Crippen molar-refractivity contribution < 1.29 is 14.6 Å². The van der Waals surface area contributed by atoms with Crippen LogP contribution in [0.2, 0.25) is 0 Å². The van der Waals surface area contributed by atoms with Gasteiger partial charge in [0, 0.05) is 31.8 Å². The Hall–Kier alpha value is -2.66. The van der Waals surface area contributed by atoms with E-state index >= 15 is 0 Å². The summed E-state index contributed by atoms with van der Waals surface area (Å²) in [6.07, 6.45) is 6.30. The van der Waals surface area contributed by atoms with E-state index in [-0.39, 0.29) is 18.6 Å². The fourth-order valence-corrected chi connectivity index (χ4v) is 5.00. The number of aromatic nitrogens is 1. The summed E-state index contributed by atoms with van der Waals surface area (Å²) in [5.74, 6) is 0.542. The minimum atomic E-state index is -0.482. The smallest absolute Gasteiger partial charge is 0.410 e. The minimum Gasteiger partial charge on any atom is -0.444 e. The number of hydrogen-bond donors (Lipinski definition) is 1. The monoisotopic (exact) mass is 434 g/mol. The Kier molecular flexibility index (Phi) is 6.38. The van der Waals surface area contributed by atoms with Crippen molar-refractivity contribution in [1.29, 1.82) is 0 Å². The van der Waals surface area contributed by atoms with Gasteiger partial charge in [-0.05, 0) is 81.2 Å². The molecule has 2 heterocycles. The first-order valence-corrected chi connectivity index (χ1v) is 11.6. The fraction of sp³-hybridized carbons (Fsp3) is 0.481. The van der Waals surface area contributed by atoms with Gasteiger partial charge >= 0.3 is 6.09 Å². The van der Waals surface area contributed by atoms with Gasteiger partial charge in [0.2, 0.25) is 0 Å². The summed E-state index contributed by atoms with van der Waals surface area (Å²) >= 11 is 0. The van der Waals surface area contributed by atoms with Gasteiger partial charge < -0.3 is 14.7 Å². The van der Waals surface area contributed by atoms with Crippen molar-refractivity contribution in [1.82, 2.24) is 9.88 Å². The van der Waals surface area contributed by atoms with Crippen LogP contribution in [0.25, 0.3) is 11.6 Å². The van der Waals surface area contributed by atoms with Crippen LogP contribution in [-0.2, 0) is 4.74 Å². The number of carbonyl (C=O) groups excluding carboxylic acids is 1. The minimum absolute atomic E-state index is 0.111. The van der Waals surface area contributed by atoms with E-state index < -0.39 is 5.60 Å². The number of hydrogen-bond acceptors (Lipinski definition) is 4. The first-order valence-electron chi connectivity index (χ1n) is 11.6. The Morgan fingerprint density at radius 1 is 1.22 bits per heavy atom. The van der Waals surface area contributed by atoms with Gasteiger partial charge in [-0.3, -0.25) is 4.98 Å². The standard InChI is InChI=1S/C27H34N2O3/c1-18-7-8-22-21(16-18)17-20(11-15-30)23-6-5-12-28-25(23)24(22)19-9-13-29(14-10-19)26(31)32-27(2,3)4/h5-8,12,16-17,19,24,30H,9-11,13-15H2,1-4H3. The third-order valence-electron chi connectivity index (χ3n) is 6.43. The maximum absolute atomic E-state index is 12.6. The van der Waals surface area contributed by atoms with Crippen molar-refractivity contribution in [2.75, 3.05) is 19.7 Å². The largest absolute Gasteiger partial charge is 0.444 e. The second kappa shape index (κ2) is 9.07. The third kappa shape index (κ3) is 4.73. The van der Waals surface area contributed by atoms with Crippen LogP contribution in [0.1, 0.15) is 73.9 Å². The Labute approximate surface area is 191 Å². The van der Waals surface area contributed by atoms with Crippen LogP contribution in [0.15, 0.2) is 36.5 Å². The molecule has 1 unspecified atom stereocenters. The summed E-state index contributed by atoms with van der Waals surface area (Å²) in [5, 5.41) is 9.70. The second-order valence-corrected chi connectivity index (χ2v) is 9.99. The predicted octanol–water partition coefficient (Wildman–Crippen LogP) is 5.41. The van der Waals surface area contributed by atoms with Crippen LogP contribution in [0.5, 0.6) is 0 Å². The molecule has 1 aromatic carbocycles. The molecule has 2 aliphatic rings. The quantitative estimate of drug-likeness (QED) is 0.702. The number of carbonyl (C=O) groups is 1. The van der Waals surface area contributed by atoms with Gasteiger partial charge in [-0.1, -0.05) is 35.9 Å². The van der Waals surface area contributed by atoms with Gasteiger partial charge in [0.1, 0.15) is 5.60 Å². The van der Waals surface area contributed by atoms with Gasteiger partial charge in [-0.15, -0.1) is 0 Å². The summed E-state index contributed by atoms with van der Waals surface area (Å²) in [5.41, 5.74) is 6.60. The number of rotatable bonds is 3. The van der Waals surface area contributed by atoms with E-state index in [1.165, 1.54) is 16.7 Å². The zero-order valence-electron chi connectivity index (χ0n) is 19.6. The summed E-state index contributed by atoms with van der Waals surface area (Å²) in [6, 6.07) is 10.8. The van der Waals surface area contributed by atoms with Crippen molar-refractivity contribution in [3.8, 4) is 0 Å². The van der Waals surface area contributed by atoms with Crippen molar-refractivity contribution in [3.05, 3.63) is 64.5 Å². The maximum atomic E-state index is 12.6. The number of piperidine rings is 1. The zero-order chi connectivity index (χ0) is 22.9. The van der Waals surface area contributed by atoms with E-state index in [0.29, 0.717) is 25.4 Å². The van der Waals surface area contributed by atoms with E-state index in [2.05, 4.69) is 37.3 Å². The highest BCUT2D eigenvalue weighted by Crippen LogP contribution is 2.44. The average Bonchev–Trinajstić information content (AvgIpc) is 2.87. The van der Waals surface area contributed by atoms with Crippen LogP contribution in [0.4, 0.5) is 4.79 Å². The first-order chi connectivity index (χ1) is 15.3. The van der Waals surface area contributed by atoms with E-state index in [9.17, 15) is 9.90 Å². The number of benzene rings is 1. The number of nitrogens with zero attached hydrogens (tertiary/aromatic N) is 2. The van der Waals surface area contributed by atoms with E-state index in [1.807, 2.05) is 37.9 Å². The maximum Gasteiger partial charge on any atom is 0.410 e. The van der Waals surface area contributed by atoms with Crippen LogP contribution in [0, 0.1) is 12.8 Å². The van der Waals surface area contributed by atoms with Crippen LogP contribution in [0.3, 0.4) is 0 Å². The molecule has 1 aliphatic carbocycles. The van der Waals surface area contributed by atoms with Crippen molar-refractivity contribution in [3.63, 3.8) is 0 Å². The number of pyridine rings is 1. The summed E-state index contributed by atoms with van der Waals surface area (Å²) in [4.78, 5) is 19.3. The number of likely N-dealkylation sites (tertiary alicyclic amines) is 1.